The quantitative estimate of drug-likeness (QED) is 0.446. The van der Waals surface area contributed by atoms with E-state index < -0.39 is 29.3 Å². The minimum atomic E-state index is -0.625. The fourth-order valence-electron chi connectivity index (χ4n) is 7.85. The first kappa shape index (κ1) is 30.9. The summed E-state index contributed by atoms with van der Waals surface area (Å²) in [5, 5.41) is 0. The summed E-state index contributed by atoms with van der Waals surface area (Å²) in [5.41, 5.74) is 0.994. The van der Waals surface area contributed by atoms with E-state index in [2.05, 4.69) is 69.5 Å². The number of fused-ring (bicyclic) bond motifs is 2. The molecule has 0 bridgehead atoms. The van der Waals surface area contributed by atoms with Crippen molar-refractivity contribution in [1.29, 1.82) is 0 Å². The number of amides is 2. The van der Waals surface area contributed by atoms with E-state index in [4.69, 9.17) is 14.0 Å². The summed E-state index contributed by atoms with van der Waals surface area (Å²) in [6.07, 6.45) is 5.46. The second kappa shape index (κ2) is 10.5. The molecule has 5 aliphatic rings. The number of ether oxygens (including phenoxy) is 1. The first-order valence-electron chi connectivity index (χ1n) is 16.6. The maximum absolute atomic E-state index is 14.6. The number of likely N-dealkylation sites (tertiary alicyclic amines) is 2. The number of anilines is 1. The van der Waals surface area contributed by atoms with Crippen molar-refractivity contribution in [2.45, 2.75) is 141 Å². The lowest BCUT2D eigenvalue weighted by atomic mass is 9.71. The Labute approximate surface area is 258 Å². The van der Waals surface area contributed by atoms with Crippen molar-refractivity contribution >= 4 is 30.3 Å². The molecule has 4 fully saturated rings. The molecule has 9 heteroatoms. The van der Waals surface area contributed by atoms with Crippen LogP contribution in [0.15, 0.2) is 18.2 Å². The third kappa shape index (κ3) is 5.31. The molecule has 1 aromatic rings. The Hall–Kier alpha value is -2.10. The van der Waals surface area contributed by atoms with Gasteiger partial charge in [-0.05, 0) is 117 Å². The molecule has 1 saturated carbocycles. The van der Waals surface area contributed by atoms with Crippen molar-refractivity contribution in [3.05, 3.63) is 23.8 Å². The average molecular weight is 594 g/mol. The maximum Gasteiger partial charge on any atom is 0.494 e. The Kier molecular flexibility index (Phi) is 7.54. The molecule has 4 aliphatic heterocycles. The van der Waals surface area contributed by atoms with Crippen LogP contribution in [0, 0.1) is 5.92 Å². The van der Waals surface area contributed by atoms with E-state index in [1.54, 1.807) is 4.90 Å². The Morgan fingerprint density at radius 1 is 0.977 bits per heavy atom. The largest absolute Gasteiger partial charge is 0.494 e. The molecule has 8 nitrogen and oxygen atoms in total. The minimum absolute atomic E-state index is 0.178. The SMILES string of the molecule is C[C@@H]1CC[C@H](C)N(C2CC(N3C(=O)C4(CCN(C(=O)OC(C)(C)C)CC4)c4ccc(B5OC(C)(C)C(C)(C)O5)cc43)C2)C1. The van der Waals surface area contributed by atoms with Gasteiger partial charge in [-0.2, -0.15) is 0 Å². The van der Waals surface area contributed by atoms with Gasteiger partial charge >= 0.3 is 13.2 Å². The highest BCUT2D eigenvalue weighted by atomic mass is 16.7. The van der Waals surface area contributed by atoms with Crippen LogP contribution < -0.4 is 10.4 Å². The number of rotatable bonds is 3. The van der Waals surface area contributed by atoms with Gasteiger partial charge in [0.2, 0.25) is 5.91 Å². The zero-order valence-corrected chi connectivity index (χ0v) is 27.9. The standard InChI is InChI=1S/C34H52BN3O5/c1-22-10-11-23(2)37(21-22)25-19-26(20-25)38-28-18-24(35-42-32(6,7)33(8,9)43-35)12-13-27(28)34(29(38)39)14-16-36(17-15-34)30(40)41-31(3,4)5/h12-13,18,22-23,25-26H,10-11,14-17,19-21H2,1-9H3/t22-,23+,25?,26?/m1/s1. The van der Waals surface area contributed by atoms with Gasteiger partial charge in [0.25, 0.3) is 0 Å². The molecule has 3 saturated heterocycles. The van der Waals surface area contributed by atoms with Gasteiger partial charge in [-0.3, -0.25) is 9.69 Å². The smallest absolute Gasteiger partial charge is 0.444 e. The Morgan fingerprint density at radius 3 is 2.21 bits per heavy atom. The molecule has 236 valence electrons. The molecule has 2 amide bonds. The van der Waals surface area contributed by atoms with Crippen molar-refractivity contribution in [1.82, 2.24) is 9.80 Å². The fraction of sp³-hybridized carbons (Fsp3) is 0.765. The minimum Gasteiger partial charge on any atom is -0.444 e. The summed E-state index contributed by atoms with van der Waals surface area (Å²) in [7, 11) is -0.484. The first-order valence-corrected chi connectivity index (χ1v) is 16.6. The Balaban J connectivity index is 1.28. The lowest BCUT2D eigenvalue weighted by Gasteiger charge is -2.51. The van der Waals surface area contributed by atoms with Gasteiger partial charge in [0, 0.05) is 43.4 Å². The molecular weight excluding hydrogens is 541 g/mol. The Morgan fingerprint density at radius 2 is 1.60 bits per heavy atom. The highest BCUT2D eigenvalue weighted by Gasteiger charge is 2.57. The van der Waals surface area contributed by atoms with Crippen LogP contribution in [0.25, 0.3) is 0 Å². The number of nitrogens with zero attached hydrogens (tertiary/aromatic N) is 3. The number of carbonyl (C=O) groups is 2. The highest BCUT2D eigenvalue weighted by Crippen LogP contribution is 2.51. The van der Waals surface area contributed by atoms with Crippen molar-refractivity contribution in [2.75, 3.05) is 24.5 Å². The Bertz CT molecular complexity index is 1240. The van der Waals surface area contributed by atoms with Crippen LogP contribution in [0.5, 0.6) is 0 Å². The van der Waals surface area contributed by atoms with Crippen LogP contribution in [0.1, 0.15) is 106 Å². The second-order valence-corrected chi connectivity index (χ2v) is 16.1. The predicted molar refractivity (Wildman–Crippen MR) is 170 cm³/mol. The van der Waals surface area contributed by atoms with E-state index in [-0.39, 0.29) is 18.0 Å². The molecule has 0 aromatic heterocycles. The molecule has 0 unspecified atom stereocenters. The molecule has 4 heterocycles. The van der Waals surface area contributed by atoms with Crippen molar-refractivity contribution in [3.63, 3.8) is 0 Å². The molecule has 2 atom stereocenters. The van der Waals surface area contributed by atoms with Crippen LogP contribution in [-0.4, -0.2) is 83.5 Å². The summed E-state index contributed by atoms with van der Waals surface area (Å²) in [6.45, 7) is 20.8. The van der Waals surface area contributed by atoms with Gasteiger partial charge in [0.15, 0.2) is 0 Å². The lowest BCUT2D eigenvalue weighted by molar-refractivity contribution is -0.126. The molecule has 1 aromatic carbocycles. The van der Waals surface area contributed by atoms with Gasteiger partial charge < -0.3 is 23.8 Å². The van der Waals surface area contributed by atoms with Gasteiger partial charge in [-0.1, -0.05) is 19.1 Å². The molecular formula is C34H52BN3O5. The number of benzene rings is 1. The molecule has 0 N–H and O–H groups in total. The van der Waals surface area contributed by atoms with E-state index in [1.807, 2.05) is 20.8 Å². The molecule has 1 aliphatic carbocycles. The summed E-state index contributed by atoms with van der Waals surface area (Å²) in [4.78, 5) is 34.1. The van der Waals surface area contributed by atoms with Crippen molar-refractivity contribution in [3.8, 4) is 0 Å². The average Bonchev–Trinajstić information content (AvgIpc) is 3.25. The van der Waals surface area contributed by atoms with Crippen LogP contribution in [0.4, 0.5) is 10.5 Å². The van der Waals surface area contributed by atoms with Crippen LogP contribution in [-0.2, 0) is 24.3 Å². The summed E-state index contributed by atoms with van der Waals surface area (Å²) >= 11 is 0. The normalized spacial score (nSPS) is 31.7. The van der Waals surface area contributed by atoms with E-state index >= 15 is 0 Å². The first-order chi connectivity index (χ1) is 20.0. The predicted octanol–water partition coefficient (Wildman–Crippen LogP) is 5.25. The van der Waals surface area contributed by atoms with E-state index in [0.717, 1.165) is 42.0 Å². The van der Waals surface area contributed by atoms with Crippen molar-refractivity contribution in [2.24, 2.45) is 5.92 Å². The maximum atomic E-state index is 14.6. The second-order valence-electron chi connectivity index (χ2n) is 16.1. The van der Waals surface area contributed by atoms with Crippen molar-refractivity contribution < 1.29 is 23.6 Å². The van der Waals surface area contributed by atoms with Gasteiger partial charge in [-0.25, -0.2) is 4.79 Å². The lowest BCUT2D eigenvalue weighted by Crippen LogP contribution is -2.60. The van der Waals surface area contributed by atoms with Gasteiger partial charge in [0.1, 0.15) is 5.60 Å². The highest BCUT2D eigenvalue weighted by molar-refractivity contribution is 6.62. The molecule has 6 rings (SSSR count). The van der Waals surface area contributed by atoms with Crippen LogP contribution in [0.3, 0.4) is 0 Å². The summed E-state index contributed by atoms with van der Waals surface area (Å²) < 4.78 is 18.5. The fourth-order valence-corrected chi connectivity index (χ4v) is 7.85. The molecule has 43 heavy (non-hydrogen) atoms. The number of piperidine rings is 2. The van der Waals surface area contributed by atoms with E-state index in [1.165, 1.54) is 12.8 Å². The topological polar surface area (TPSA) is 71.6 Å². The molecule has 0 radical (unpaired) electrons. The number of hydrogen-bond donors (Lipinski definition) is 0. The number of hydrogen-bond acceptors (Lipinski definition) is 6. The van der Waals surface area contributed by atoms with Crippen LogP contribution >= 0.6 is 0 Å². The van der Waals surface area contributed by atoms with Gasteiger partial charge in [-0.15, -0.1) is 0 Å². The van der Waals surface area contributed by atoms with Crippen LogP contribution in [0.2, 0.25) is 0 Å². The summed E-state index contributed by atoms with van der Waals surface area (Å²) in [5.74, 6) is 0.922. The zero-order valence-electron chi connectivity index (χ0n) is 27.9. The van der Waals surface area contributed by atoms with Gasteiger partial charge in [0.05, 0.1) is 16.6 Å². The zero-order chi connectivity index (χ0) is 31.1. The monoisotopic (exact) mass is 593 g/mol. The third-order valence-electron chi connectivity index (χ3n) is 11.3. The number of carbonyl (C=O) groups excluding carboxylic acids is 2. The van der Waals surface area contributed by atoms with E-state index in [0.29, 0.717) is 38.0 Å². The summed E-state index contributed by atoms with van der Waals surface area (Å²) in [6, 6.07) is 7.68. The molecule has 1 spiro atoms. The van der Waals surface area contributed by atoms with E-state index in [9.17, 15) is 9.59 Å². The third-order valence-corrected chi connectivity index (χ3v) is 11.3.